The van der Waals surface area contributed by atoms with E-state index < -0.39 is 23.3 Å². The van der Waals surface area contributed by atoms with Gasteiger partial charge in [-0.15, -0.1) is 0 Å². The molecular formula is C21H28FN3O3. The van der Waals surface area contributed by atoms with E-state index in [1.165, 1.54) is 24.3 Å². The largest absolute Gasteiger partial charge is 0.341 e. The van der Waals surface area contributed by atoms with Crippen molar-refractivity contribution in [1.29, 1.82) is 0 Å². The number of likely N-dealkylation sites (tertiary alicyclic amines) is 1. The molecule has 4 amide bonds. The lowest BCUT2D eigenvalue weighted by Gasteiger charge is -2.28. The summed E-state index contributed by atoms with van der Waals surface area (Å²) in [5.41, 5.74) is -0.690. The van der Waals surface area contributed by atoms with Gasteiger partial charge in [0.2, 0.25) is 5.91 Å². The van der Waals surface area contributed by atoms with Crippen LogP contribution in [-0.4, -0.2) is 47.3 Å². The summed E-state index contributed by atoms with van der Waals surface area (Å²) in [6.07, 6.45) is 6.06. The first-order valence-corrected chi connectivity index (χ1v) is 10.2. The number of nitrogens with one attached hydrogen (secondary N) is 1. The Hall–Kier alpha value is -2.44. The highest BCUT2D eigenvalue weighted by atomic mass is 19.1. The maximum atomic E-state index is 13.4. The van der Waals surface area contributed by atoms with Crippen LogP contribution in [0.2, 0.25) is 0 Å². The number of carbonyl (C=O) groups is 3. The smallest absolute Gasteiger partial charge is 0.325 e. The topological polar surface area (TPSA) is 69.7 Å². The lowest BCUT2D eigenvalue weighted by atomic mass is 9.85. The quantitative estimate of drug-likeness (QED) is 0.760. The molecule has 28 heavy (non-hydrogen) atoms. The van der Waals surface area contributed by atoms with Gasteiger partial charge in [-0.2, -0.15) is 0 Å². The van der Waals surface area contributed by atoms with Gasteiger partial charge in [-0.05, 0) is 37.0 Å². The highest BCUT2D eigenvalue weighted by Gasteiger charge is 2.52. The molecule has 0 unspecified atom stereocenters. The third-order valence-corrected chi connectivity index (χ3v) is 5.67. The predicted octanol–water partition coefficient (Wildman–Crippen LogP) is 3.17. The summed E-state index contributed by atoms with van der Waals surface area (Å²) in [6.45, 7) is 3.09. The number of carbonyl (C=O) groups excluding carboxylic acids is 3. The second kappa shape index (κ2) is 8.71. The molecule has 2 saturated heterocycles. The average Bonchev–Trinajstić information content (AvgIpc) is 2.89. The summed E-state index contributed by atoms with van der Waals surface area (Å²) < 4.78 is 13.4. The Kier molecular flexibility index (Phi) is 6.31. The van der Waals surface area contributed by atoms with Crippen molar-refractivity contribution < 1.29 is 18.8 Å². The molecule has 0 aliphatic carbocycles. The van der Waals surface area contributed by atoms with Crippen molar-refractivity contribution in [2.24, 2.45) is 0 Å². The van der Waals surface area contributed by atoms with Gasteiger partial charge in [0.25, 0.3) is 5.91 Å². The van der Waals surface area contributed by atoms with Crippen molar-refractivity contribution >= 4 is 17.8 Å². The Morgan fingerprint density at radius 2 is 1.75 bits per heavy atom. The van der Waals surface area contributed by atoms with Crippen LogP contribution < -0.4 is 5.32 Å². The molecule has 2 aliphatic rings. The van der Waals surface area contributed by atoms with Crippen molar-refractivity contribution in [3.63, 3.8) is 0 Å². The van der Waals surface area contributed by atoms with Gasteiger partial charge in [-0.1, -0.05) is 44.7 Å². The van der Waals surface area contributed by atoms with E-state index >= 15 is 0 Å². The first-order chi connectivity index (χ1) is 13.5. The highest BCUT2D eigenvalue weighted by Crippen LogP contribution is 2.34. The zero-order valence-electron chi connectivity index (χ0n) is 16.4. The summed E-state index contributed by atoms with van der Waals surface area (Å²) in [7, 11) is 0. The molecule has 2 fully saturated rings. The van der Waals surface area contributed by atoms with Crippen LogP contribution in [0.25, 0.3) is 0 Å². The zero-order chi connectivity index (χ0) is 20.1. The number of unbranched alkanes of at least 4 members (excludes halogenated alkanes) is 1. The fourth-order valence-electron chi connectivity index (χ4n) is 4.01. The van der Waals surface area contributed by atoms with Gasteiger partial charge in [-0.25, -0.2) is 9.18 Å². The second-order valence-electron chi connectivity index (χ2n) is 7.63. The van der Waals surface area contributed by atoms with Crippen LogP contribution in [0.1, 0.15) is 57.4 Å². The van der Waals surface area contributed by atoms with Gasteiger partial charge < -0.3 is 10.2 Å². The number of benzene rings is 1. The monoisotopic (exact) mass is 389 g/mol. The average molecular weight is 389 g/mol. The Bertz CT molecular complexity index is 729. The van der Waals surface area contributed by atoms with Crippen LogP contribution in [0.4, 0.5) is 9.18 Å². The molecule has 0 aromatic heterocycles. The van der Waals surface area contributed by atoms with Crippen molar-refractivity contribution in [3.05, 3.63) is 35.6 Å². The number of hydrogen-bond acceptors (Lipinski definition) is 3. The highest BCUT2D eigenvalue weighted by molar-refractivity contribution is 6.09. The normalized spacial score (nSPS) is 22.9. The van der Waals surface area contributed by atoms with E-state index in [9.17, 15) is 18.8 Å². The van der Waals surface area contributed by atoms with Gasteiger partial charge in [-0.3, -0.25) is 14.5 Å². The molecule has 1 N–H and O–H groups in total. The molecule has 1 atom stereocenters. The van der Waals surface area contributed by atoms with Gasteiger partial charge >= 0.3 is 6.03 Å². The Balaban J connectivity index is 1.82. The molecule has 1 aromatic carbocycles. The van der Waals surface area contributed by atoms with Crippen molar-refractivity contribution in [2.75, 3.05) is 19.6 Å². The van der Waals surface area contributed by atoms with E-state index in [0.29, 0.717) is 25.1 Å². The first kappa shape index (κ1) is 20.3. The van der Waals surface area contributed by atoms with E-state index in [1.54, 1.807) is 4.90 Å². The molecule has 0 bridgehead atoms. The van der Waals surface area contributed by atoms with Gasteiger partial charge in [0, 0.05) is 13.1 Å². The molecule has 7 heteroatoms. The van der Waals surface area contributed by atoms with Gasteiger partial charge in [0.05, 0.1) is 0 Å². The molecule has 152 valence electrons. The van der Waals surface area contributed by atoms with E-state index in [0.717, 1.165) is 43.4 Å². The second-order valence-corrected chi connectivity index (χ2v) is 7.63. The molecule has 6 nitrogen and oxygen atoms in total. The first-order valence-electron chi connectivity index (χ1n) is 10.2. The third-order valence-electron chi connectivity index (χ3n) is 5.67. The fourth-order valence-corrected chi connectivity index (χ4v) is 4.01. The minimum Gasteiger partial charge on any atom is -0.341 e. The molecule has 0 radical (unpaired) electrons. The number of rotatable bonds is 6. The van der Waals surface area contributed by atoms with Crippen LogP contribution in [0, 0.1) is 5.82 Å². The Morgan fingerprint density at radius 3 is 2.36 bits per heavy atom. The summed E-state index contributed by atoms with van der Waals surface area (Å²) >= 11 is 0. The van der Waals surface area contributed by atoms with Crippen LogP contribution in [0.15, 0.2) is 24.3 Å². The molecule has 3 rings (SSSR count). The number of halogens is 1. The number of imide groups is 1. The molecule has 0 spiro atoms. The van der Waals surface area contributed by atoms with E-state index in [4.69, 9.17) is 0 Å². The summed E-state index contributed by atoms with van der Waals surface area (Å²) in [5.74, 6) is -1.03. The lowest BCUT2D eigenvalue weighted by Crippen LogP contribution is -2.46. The lowest BCUT2D eigenvalue weighted by molar-refractivity contribution is -0.139. The van der Waals surface area contributed by atoms with Crippen molar-refractivity contribution in [1.82, 2.24) is 15.1 Å². The predicted molar refractivity (Wildman–Crippen MR) is 103 cm³/mol. The minimum atomic E-state index is -1.24. The number of urea groups is 1. The van der Waals surface area contributed by atoms with Crippen LogP contribution in [-0.2, 0) is 15.1 Å². The molecule has 2 aliphatic heterocycles. The van der Waals surface area contributed by atoms with E-state index in [1.807, 2.05) is 6.92 Å². The van der Waals surface area contributed by atoms with Crippen molar-refractivity contribution in [3.8, 4) is 0 Å². The molecule has 2 heterocycles. The minimum absolute atomic E-state index is 0.198. The zero-order valence-corrected chi connectivity index (χ0v) is 16.4. The molecule has 0 saturated carbocycles. The molecular weight excluding hydrogens is 361 g/mol. The standard InChI is InChI=1S/C21H28FN3O3/c1-2-3-12-21(16-8-10-17(22)11-9-16)19(27)25(20(28)23-21)15-18(26)24-13-6-4-5-7-14-24/h8-11H,2-7,12-15H2,1H3,(H,23,28)/t21-/m1/s1. The number of amides is 4. The SMILES string of the molecule is CCCC[C@]1(c2ccc(F)cc2)NC(=O)N(CC(=O)N2CCCCCC2)C1=O. The summed E-state index contributed by atoms with van der Waals surface area (Å²) in [4.78, 5) is 41.4. The summed E-state index contributed by atoms with van der Waals surface area (Å²) in [6, 6.07) is 5.07. The maximum Gasteiger partial charge on any atom is 0.325 e. The third kappa shape index (κ3) is 4.03. The van der Waals surface area contributed by atoms with Gasteiger partial charge in [0.1, 0.15) is 17.9 Å². The van der Waals surface area contributed by atoms with Crippen molar-refractivity contribution in [2.45, 2.75) is 57.4 Å². The van der Waals surface area contributed by atoms with E-state index in [-0.39, 0.29) is 12.5 Å². The Morgan fingerprint density at radius 1 is 1.11 bits per heavy atom. The van der Waals surface area contributed by atoms with E-state index in [2.05, 4.69) is 5.32 Å². The summed E-state index contributed by atoms with van der Waals surface area (Å²) in [5, 5.41) is 2.80. The Labute approximate surface area is 165 Å². The molecule has 1 aromatic rings. The fraction of sp³-hybridized carbons (Fsp3) is 0.571. The van der Waals surface area contributed by atoms with Gasteiger partial charge in [0.15, 0.2) is 0 Å². The number of hydrogen-bond donors (Lipinski definition) is 1. The number of nitrogens with zero attached hydrogens (tertiary/aromatic N) is 2. The van der Waals surface area contributed by atoms with Crippen LogP contribution >= 0.6 is 0 Å². The van der Waals surface area contributed by atoms with Crippen LogP contribution in [0.3, 0.4) is 0 Å². The maximum absolute atomic E-state index is 13.4. The van der Waals surface area contributed by atoms with Crippen LogP contribution in [0.5, 0.6) is 0 Å².